The second-order valence-corrected chi connectivity index (χ2v) is 7.81. The number of likely N-dealkylation sites (tertiary alicyclic amines) is 1. The molecule has 2 aromatic heterocycles. The number of nitrogens with zero attached hydrogens (tertiary/aromatic N) is 3. The maximum Gasteiger partial charge on any atom is 0.268 e. The molecule has 1 aromatic carbocycles. The maximum absolute atomic E-state index is 12.4. The third kappa shape index (κ3) is 4.01. The van der Waals surface area contributed by atoms with E-state index >= 15 is 0 Å². The predicted molar refractivity (Wildman–Crippen MR) is 104 cm³/mol. The molecule has 0 bridgehead atoms. The molecule has 0 saturated carbocycles. The molecule has 1 aliphatic rings. The van der Waals surface area contributed by atoms with Crippen LogP contribution in [0.2, 0.25) is 0 Å². The number of aromatic nitrogens is 3. The number of carbonyl (C=O) groups excluding carboxylic acids is 1. The van der Waals surface area contributed by atoms with Crippen LogP contribution in [0, 0.1) is 6.92 Å². The smallest absolute Gasteiger partial charge is 0.268 e. The van der Waals surface area contributed by atoms with Gasteiger partial charge in [0, 0.05) is 17.5 Å². The average Bonchev–Trinajstić information content (AvgIpc) is 3.36. The molecule has 1 aliphatic heterocycles. The number of phenols is 1. The lowest BCUT2D eigenvalue weighted by atomic mass is 10.1. The van der Waals surface area contributed by atoms with Gasteiger partial charge in [0.25, 0.3) is 5.91 Å². The number of carbonyl (C=O) groups is 1. The van der Waals surface area contributed by atoms with E-state index in [-0.39, 0.29) is 5.91 Å². The van der Waals surface area contributed by atoms with E-state index in [1.165, 1.54) is 16.2 Å². The molecule has 140 valence electrons. The number of rotatable bonds is 5. The average molecular weight is 383 g/mol. The Morgan fingerprint density at radius 2 is 2.30 bits per heavy atom. The molecule has 27 heavy (non-hydrogen) atoms. The number of H-pyrrole nitrogens is 1. The molecule has 0 unspecified atom stereocenters. The van der Waals surface area contributed by atoms with Gasteiger partial charge in [-0.15, -0.1) is 16.4 Å². The van der Waals surface area contributed by atoms with Crippen LogP contribution in [-0.4, -0.2) is 37.6 Å². The SMILES string of the molecule is Cc1nc(NC(=O)c2ccc([C@@H]3CCCN3Cc3cccc(O)c3)s2)n[nH]1. The van der Waals surface area contributed by atoms with E-state index in [9.17, 15) is 9.90 Å². The van der Waals surface area contributed by atoms with Crippen LogP contribution in [0.25, 0.3) is 0 Å². The fourth-order valence-corrected chi connectivity index (χ4v) is 4.52. The van der Waals surface area contributed by atoms with E-state index in [1.54, 1.807) is 13.0 Å². The van der Waals surface area contributed by atoms with Crippen LogP contribution in [0.5, 0.6) is 5.75 Å². The Kier molecular flexibility index (Phi) is 4.91. The van der Waals surface area contributed by atoms with Crippen LogP contribution in [0.3, 0.4) is 0 Å². The summed E-state index contributed by atoms with van der Waals surface area (Å²) in [7, 11) is 0. The number of phenolic OH excluding ortho intramolecular Hbond substituents is 1. The van der Waals surface area contributed by atoms with Crippen LogP contribution < -0.4 is 5.32 Å². The molecule has 1 fully saturated rings. The summed E-state index contributed by atoms with van der Waals surface area (Å²) < 4.78 is 0. The third-order valence-electron chi connectivity index (χ3n) is 4.66. The molecule has 0 aliphatic carbocycles. The molecule has 1 amide bonds. The number of amides is 1. The molecule has 0 radical (unpaired) electrons. The summed E-state index contributed by atoms with van der Waals surface area (Å²) in [4.78, 5) is 20.8. The van der Waals surface area contributed by atoms with Gasteiger partial charge in [0.05, 0.1) is 4.88 Å². The number of hydrogen-bond donors (Lipinski definition) is 3. The number of aromatic amines is 1. The maximum atomic E-state index is 12.4. The van der Waals surface area contributed by atoms with Gasteiger partial charge in [-0.25, -0.2) is 0 Å². The van der Waals surface area contributed by atoms with Gasteiger partial charge in [0.2, 0.25) is 5.95 Å². The van der Waals surface area contributed by atoms with E-state index in [1.807, 2.05) is 30.3 Å². The highest BCUT2D eigenvalue weighted by atomic mass is 32.1. The van der Waals surface area contributed by atoms with Crippen molar-refractivity contribution in [2.24, 2.45) is 0 Å². The zero-order chi connectivity index (χ0) is 18.8. The number of benzene rings is 1. The van der Waals surface area contributed by atoms with Crippen molar-refractivity contribution in [1.29, 1.82) is 0 Å². The van der Waals surface area contributed by atoms with Crippen LogP contribution in [0.4, 0.5) is 5.95 Å². The van der Waals surface area contributed by atoms with Crippen molar-refractivity contribution in [3.05, 3.63) is 57.5 Å². The highest BCUT2D eigenvalue weighted by Crippen LogP contribution is 2.37. The quantitative estimate of drug-likeness (QED) is 0.627. The van der Waals surface area contributed by atoms with Gasteiger partial charge in [-0.05, 0) is 56.1 Å². The van der Waals surface area contributed by atoms with E-state index in [4.69, 9.17) is 0 Å². The first-order chi connectivity index (χ1) is 13.1. The molecular weight excluding hydrogens is 362 g/mol. The number of aromatic hydroxyl groups is 1. The third-order valence-corrected chi connectivity index (χ3v) is 5.85. The number of anilines is 1. The van der Waals surface area contributed by atoms with Gasteiger partial charge in [0.1, 0.15) is 11.6 Å². The molecule has 3 aromatic rings. The summed E-state index contributed by atoms with van der Waals surface area (Å²) in [5.74, 6) is 1.05. The first-order valence-electron chi connectivity index (χ1n) is 8.90. The van der Waals surface area contributed by atoms with Gasteiger partial charge < -0.3 is 5.11 Å². The molecule has 8 heteroatoms. The van der Waals surface area contributed by atoms with Crippen LogP contribution in [0.15, 0.2) is 36.4 Å². The summed E-state index contributed by atoms with van der Waals surface area (Å²) in [6.07, 6.45) is 2.19. The van der Waals surface area contributed by atoms with Crippen LogP contribution in [0.1, 0.15) is 44.8 Å². The molecular formula is C19H21N5O2S. The highest BCUT2D eigenvalue weighted by molar-refractivity contribution is 7.14. The van der Waals surface area contributed by atoms with E-state index in [2.05, 4.69) is 25.4 Å². The summed E-state index contributed by atoms with van der Waals surface area (Å²) in [6.45, 7) is 3.58. The van der Waals surface area contributed by atoms with Crippen molar-refractivity contribution < 1.29 is 9.90 Å². The molecule has 3 N–H and O–H groups in total. The molecule has 4 rings (SSSR count). The lowest BCUT2D eigenvalue weighted by molar-refractivity contribution is 0.102. The fourth-order valence-electron chi connectivity index (χ4n) is 3.44. The summed E-state index contributed by atoms with van der Waals surface area (Å²) in [5.41, 5.74) is 1.09. The first kappa shape index (κ1) is 17.7. The van der Waals surface area contributed by atoms with Crippen LogP contribution >= 0.6 is 11.3 Å². The lowest BCUT2D eigenvalue weighted by Gasteiger charge is -2.23. The number of aryl methyl sites for hydroxylation is 1. The van der Waals surface area contributed by atoms with Gasteiger partial charge in [-0.3, -0.25) is 20.1 Å². The first-order valence-corrected chi connectivity index (χ1v) is 9.72. The normalized spacial score (nSPS) is 17.3. The second-order valence-electron chi connectivity index (χ2n) is 6.70. The van der Waals surface area contributed by atoms with Crippen LogP contribution in [-0.2, 0) is 6.54 Å². The monoisotopic (exact) mass is 383 g/mol. The lowest BCUT2D eigenvalue weighted by Crippen LogP contribution is -2.22. The summed E-state index contributed by atoms with van der Waals surface area (Å²) in [6, 6.07) is 11.6. The van der Waals surface area contributed by atoms with Crippen molar-refractivity contribution in [3.63, 3.8) is 0 Å². The molecule has 3 heterocycles. The standard InChI is InChI=1S/C19H21N5O2S/c1-12-20-19(23-22-12)21-18(26)17-8-7-16(27-17)15-6-3-9-24(15)11-13-4-2-5-14(25)10-13/h2,4-5,7-8,10,15,25H,3,6,9,11H2,1H3,(H2,20,21,22,23,26)/t15-/m0/s1. The molecule has 1 atom stereocenters. The second kappa shape index (κ2) is 7.50. The Balaban J connectivity index is 1.45. The van der Waals surface area contributed by atoms with Crippen molar-refractivity contribution in [3.8, 4) is 5.75 Å². The van der Waals surface area contributed by atoms with E-state index in [0.717, 1.165) is 31.5 Å². The molecule has 0 spiro atoms. The zero-order valence-corrected chi connectivity index (χ0v) is 15.8. The van der Waals surface area contributed by atoms with Gasteiger partial charge >= 0.3 is 0 Å². The minimum atomic E-state index is -0.192. The minimum absolute atomic E-state index is 0.192. The highest BCUT2D eigenvalue weighted by Gasteiger charge is 2.28. The largest absolute Gasteiger partial charge is 0.508 e. The van der Waals surface area contributed by atoms with Crippen molar-refractivity contribution in [1.82, 2.24) is 20.1 Å². The Hall–Kier alpha value is -2.71. The van der Waals surface area contributed by atoms with Crippen molar-refractivity contribution >= 4 is 23.2 Å². The van der Waals surface area contributed by atoms with Gasteiger partial charge in [-0.1, -0.05) is 12.1 Å². The zero-order valence-electron chi connectivity index (χ0n) is 15.0. The molecule has 7 nitrogen and oxygen atoms in total. The molecule has 1 saturated heterocycles. The predicted octanol–water partition coefficient (Wildman–Crippen LogP) is 3.47. The van der Waals surface area contributed by atoms with E-state index < -0.39 is 0 Å². The van der Waals surface area contributed by atoms with E-state index in [0.29, 0.717) is 28.4 Å². The Labute approximate surface area is 161 Å². The topological polar surface area (TPSA) is 94.1 Å². The Bertz CT molecular complexity index is 951. The van der Waals surface area contributed by atoms with Crippen molar-refractivity contribution in [2.75, 3.05) is 11.9 Å². The Morgan fingerprint density at radius 1 is 1.41 bits per heavy atom. The minimum Gasteiger partial charge on any atom is -0.508 e. The summed E-state index contributed by atoms with van der Waals surface area (Å²) >= 11 is 1.51. The summed E-state index contributed by atoms with van der Waals surface area (Å²) in [5, 5.41) is 19.1. The number of nitrogens with one attached hydrogen (secondary N) is 2. The number of thiophene rings is 1. The number of hydrogen-bond acceptors (Lipinski definition) is 6. The fraction of sp³-hybridized carbons (Fsp3) is 0.316. The Morgan fingerprint density at radius 3 is 3.07 bits per heavy atom. The van der Waals surface area contributed by atoms with Gasteiger partial charge in [-0.2, -0.15) is 4.98 Å². The van der Waals surface area contributed by atoms with Crippen molar-refractivity contribution in [2.45, 2.75) is 32.4 Å². The van der Waals surface area contributed by atoms with Gasteiger partial charge in [0.15, 0.2) is 0 Å².